The van der Waals surface area contributed by atoms with Crippen LogP contribution in [0.15, 0.2) is 79.4 Å². The Morgan fingerprint density at radius 2 is 1.81 bits per heavy atom. The lowest BCUT2D eigenvalue weighted by Crippen LogP contribution is -2.24. The van der Waals surface area contributed by atoms with Crippen LogP contribution in [0.3, 0.4) is 0 Å². The fraction of sp³-hybridized carbons (Fsp3) is 0.0500. The van der Waals surface area contributed by atoms with Crippen molar-refractivity contribution in [3.05, 3.63) is 96.5 Å². The number of carbonyl (C=O) groups is 1. The van der Waals surface area contributed by atoms with Gasteiger partial charge in [-0.1, -0.05) is 6.07 Å². The van der Waals surface area contributed by atoms with Crippen molar-refractivity contribution in [3.63, 3.8) is 0 Å². The topological polar surface area (TPSA) is 64.7 Å². The van der Waals surface area contributed by atoms with Gasteiger partial charge >= 0.3 is 0 Å². The Hall–Kier alpha value is -3.74. The van der Waals surface area contributed by atoms with Crippen molar-refractivity contribution >= 4 is 5.91 Å². The molecule has 0 spiro atoms. The fourth-order valence-electron chi connectivity index (χ4n) is 2.77. The van der Waals surface area contributed by atoms with Crippen LogP contribution in [0.1, 0.15) is 16.1 Å². The van der Waals surface area contributed by atoms with Gasteiger partial charge in [0.2, 0.25) is 0 Å². The van der Waals surface area contributed by atoms with Crippen molar-refractivity contribution < 1.29 is 9.18 Å². The van der Waals surface area contributed by atoms with E-state index < -0.39 is 0 Å². The van der Waals surface area contributed by atoms with Crippen LogP contribution in [-0.4, -0.2) is 25.2 Å². The number of nitrogens with one attached hydrogen (secondary N) is 1. The summed E-state index contributed by atoms with van der Waals surface area (Å²) in [4.78, 5) is 17.0. The van der Waals surface area contributed by atoms with E-state index >= 15 is 0 Å². The number of carbonyl (C=O) groups excluding carboxylic acids is 1. The van der Waals surface area contributed by atoms with Gasteiger partial charge in [-0.15, -0.1) is 0 Å². The van der Waals surface area contributed by atoms with Gasteiger partial charge in [-0.3, -0.25) is 9.78 Å². The highest BCUT2D eigenvalue weighted by atomic mass is 19.1. The van der Waals surface area contributed by atoms with Gasteiger partial charge in [0.15, 0.2) is 5.82 Å². The van der Waals surface area contributed by atoms with E-state index in [2.05, 4.69) is 15.4 Å². The lowest BCUT2D eigenvalue weighted by atomic mass is 10.2. The van der Waals surface area contributed by atoms with E-state index in [0.717, 1.165) is 5.69 Å². The first kappa shape index (κ1) is 16.7. The molecule has 134 valence electrons. The van der Waals surface area contributed by atoms with Crippen molar-refractivity contribution in [1.82, 2.24) is 24.6 Å². The smallest absolute Gasteiger partial charge is 0.257 e. The van der Waals surface area contributed by atoms with Gasteiger partial charge < -0.3 is 9.88 Å². The number of halogens is 1. The molecule has 1 N–H and O–H groups in total. The first-order valence-corrected chi connectivity index (χ1v) is 8.38. The molecule has 4 rings (SSSR count). The normalized spacial score (nSPS) is 10.7. The molecular weight excluding hydrogens is 345 g/mol. The maximum absolute atomic E-state index is 13.3. The highest BCUT2D eigenvalue weighted by molar-refractivity contribution is 5.97. The van der Waals surface area contributed by atoms with E-state index in [1.165, 1.54) is 18.3 Å². The number of aromatic nitrogens is 4. The molecule has 3 heterocycles. The second-order valence-electron chi connectivity index (χ2n) is 5.86. The average molecular weight is 361 g/mol. The predicted octanol–water partition coefficient (Wildman–Crippen LogP) is 3.13. The van der Waals surface area contributed by atoms with Gasteiger partial charge in [0.25, 0.3) is 5.91 Å². The Bertz CT molecular complexity index is 1040. The number of pyridine rings is 1. The molecule has 0 aliphatic carbocycles. The molecule has 7 heteroatoms. The number of nitrogens with zero attached hydrogens (tertiary/aromatic N) is 4. The van der Waals surface area contributed by atoms with Crippen LogP contribution in [0.5, 0.6) is 0 Å². The quantitative estimate of drug-likeness (QED) is 0.594. The Labute approximate surface area is 154 Å². The van der Waals surface area contributed by atoms with Crippen LogP contribution in [0.25, 0.3) is 11.5 Å². The molecule has 0 atom stereocenters. The standard InChI is InChI=1S/C20H16FN5O/c21-15-6-8-17(9-7-15)26-20(25-11-3-4-12-25)18(14-24-26)19(27)23-13-16-5-1-2-10-22-16/h1-12,14H,13H2,(H,23,27). The molecule has 0 radical (unpaired) electrons. The highest BCUT2D eigenvalue weighted by Crippen LogP contribution is 2.20. The summed E-state index contributed by atoms with van der Waals surface area (Å²) in [6.45, 7) is 0.312. The van der Waals surface area contributed by atoms with E-state index in [0.29, 0.717) is 23.6 Å². The summed E-state index contributed by atoms with van der Waals surface area (Å²) in [5.41, 5.74) is 1.83. The largest absolute Gasteiger partial charge is 0.346 e. The van der Waals surface area contributed by atoms with Crippen LogP contribution in [-0.2, 0) is 6.54 Å². The third-order valence-electron chi connectivity index (χ3n) is 4.06. The average Bonchev–Trinajstić information content (AvgIpc) is 3.37. The summed E-state index contributed by atoms with van der Waals surface area (Å²) in [5, 5.41) is 7.21. The maximum Gasteiger partial charge on any atom is 0.257 e. The summed E-state index contributed by atoms with van der Waals surface area (Å²) < 4.78 is 16.7. The zero-order valence-electron chi connectivity index (χ0n) is 14.3. The number of hydrogen-bond acceptors (Lipinski definition) is 3. The molecule has 0 aliphatic rings. The zero-order chi connectivity index (χ0) is 18.6. The van der Waals surface area contributed by atoms with E-state index in [1.54, 1.807) is 27.6 Å². The minimum Gasteiger partial charge on any atom is -0.346 e. The van der Waals surface area contributed by atoms with Crippen molar-refractivity contribution in [1.29, 1.82) is 0 Å². The minimum atomic E-state index is -0.332. The molecule has 1 amide bonds. The molecular formula is C20H16FN5O. The molecule has 0 unspecified atom stereocenters. The van der Waals surface area contributed by atoms with Crippen molar-refractivity contribution in [3.8, 4) is 11.5 Å². The molecule has 0 aliphatic heterocycles. The molecule has 0 saturated carbocycles. The number of rotatable bonds is 5. The third-order valence-corrected chi connectivity index (χ3v) is 4.06. The third kappa shape index (κ3) is 3.48. The molecule has 0 bridgehead atoms. The Balaban J connectivity index is 1.68. The fourth-order valence-corrected chi connectivity index (χ4v) is 2.77. The van der Waals surface area contributed by atoms with Crippen molar-refractivity contribution in [2.24, 2.45) is 0 Å². The maximum atomic E-state index is 13.3. The van der Waals surface area contributed by atoms with E-state index in [-0.39, 0.29) is 11.7 Å². The lowest BCUT2D eigenvalue weighted by Gasteiger charge is -2.11. The van der Waals surface area contributed by atoms with Gasteiger partial charge in [-0.2, -0.15) is 5.10 Å². The number of benzene rings is 1. The summed E-state index contributed by atoms with van der Waals surface area (Å²) >= 11 is 0. The monoisotopic (exact) mass is 361 g/mol. The van der Waals surface area contributed by atoms with Gasteiger partial charge in [-0.25, -0.2) is 9.07 Å². The number of hydrogen-bond donors (Lipinski definition) is 1. The SMILES string of the molecule is O=C(NCc1ccccn1)c1cnn(-c2ccc(F)cc2)c1-n1cccc1. The first-order chi connectivity index (χ1) is 13.2. The Kier molecular flexibility index (Phi) is 4.49. The van der Waals surface area contributed by atoms with E-state index in [4.69, 9.17) is 0 Å². The molecule has 0 saturated heterocycles. The van der Waals surface area contributed by atoms with Crippen LogP contribution in [0.2, 0.25) is 0 Å². The Morgan fingerprint density at radius 3 is 2.52 bits per heavy atom. The van der Waals surface area contributed by atoms with Gasteiger partial charge in [0.05, 0.1) is 24.1 Å². The zero-order valence-corrected chi connectivity index (χ0v) is 14.3. The second kappa shape index (κ2) is 7.25. The molecule has 27 heavy (non-hydrogen) atoms. The van der Waals surface area contributed by atoms with Crippen LogP contribution in [0, 0.1) is 5.82 Å². The highest BCUT2D eigenvalue weighted by Gasteiger charge is 2.19. The first-order valence-electron chi connectivity index (χ1n) is 8.38. The lowest BCUT2D eigenvalue weighted by molar-refractivity contribution is 0.0950. The predicted molar refractivity (Wildman–Crippen MR) is 98.3 cm³/mol. The summed E-state index contributed by atoms with van der Waals surface area (Å²) in [6, 6.07) is 15.2. The molecule has 6 nitrogen and oxygen atoms in total. The molecule has 4 aromatic rings. The molecule has 1 aromatic carbocycles. The minimum absolute atomic E-state index is 0.266. The summed E-state index contributed by atoms with van der Waals surface area (Å²) in [6.07, 6.45) is 6.84. The van der Waals surface area contributed by atoms with Crippen LogP contribution < -0.4 is 5.32 Å². The second-order valence-corrected chi connectivity index (χ2v) is 5.86. The molecule has 3 aromatic heterocycles. The van der Waals surface area contributed by atoms with Crippen molar-refractivity contribution in [2.45, 2.75) is 6.54 Å². The summed E-state index contributed by atoms with van der Waals surface area (Å²) in [5.74, 6) is -0.0235. The molecule has 0 fully saturated rings. The van der Waals surface area contributed by atoms with Crippen LogP contribution in [0.4, 0.5) is 4.39 Å². The number of amides is 1. The van der Waals surface area contributed by atoms with Crippen molar-refractivity contribution in [2.75, 3.05) is 0 Å². The van der Waals surface area contributed by atoms with Gasteiger partial charge in [0.1, 0.15) is 11.4 Å². The van der Waals surface area contributed by atoms with Gasteiger partial charge in [0, 0.05) is 18.6 Å². The van der Waals surface area contributed by atoms with Crippen LogP contribution >= 0.6 is 0 Å². The van der Waals surface area contributed by atoms with E-state index in [1.807, 2.05) is 42.7 Å². The Morgan fingerprint density at radius 1 is 1.04 bits per heavy atom. The summed E-state index contributed by atoms with van der Waals surface area (Å²) in [7, 11) is 0. The van der Waals surface area contributed by atoms with E-state index in [9.17, 15) is 9.18 Å². The van der Waals surface area contributed by atoms with Gasteiger partial charge in [-0.05, 0) is 48.5 Å².